The fourth-order valence-corrected chi connectivity index (χ4v) is 4.25. The Morgan fingerprint density at radius 1 is 1.20 bits per heavy atom. The lowest BCUT2D eigenvalue weighted by molar-refractivity contribution is 0.309. The fourth-order valence-electron chi connectivity index (χ4n) is 1.71. The van der Waals surface area contributed by atoms with E-state index in [2.05, 4.69) is 34.5 Å². The van der Waals surface area contributed by atoms with Crippen molar-refractivity contribution in [2.45, 2.75) is 31.6 Å². The van der Waals surface area contributed by atoms with Crippen LogP contribution in [-0.2, 0) is 10.0 Å². The number of nitrogens with one attached hydrogen (secondary N) is 1. The Labute approximate surface area is 139 Å². The van der Waals surface area contributed by atoms with Crippen LogP contribution in [-0.4, -0.2) is 20.3 Å². The third-order valence-corrected chi connectivity index (χ3v) is 6.95. The molecular weight excluding hydrogens is 385 g/mol. The maximum Gasteiger partial charge on any atom is 0.240 e. The Balaban J connectivity index is 2.92. The quantitative estimate of drug-likeness (QED) is 0.683. The molecule has 0 aliphatic carbocycles. The van der Waals surface area contributed by atoms with E-state index in [0.29, 0.717) is 11.6 Å². The molecule has 0 unspecified atom stereocenters. The van der Waals surface area contributed by atoms with Crippen LogP contribution < -0.4 is 4.72 Å². The van der Waals surface area contributed by atoms with Gasteiger partial charge >= 0.3 is 0 Å². The van der Waals surface area contributed by atoms with Gasteiger partial charge in [0.1, 0.15) is 0 Å². The molecule has 0 radical (unpaired) electrons. The second kappa shape index (κ2) is 7.45. The van der Waals surface area contributed by atoms with Gasteiger partial charge in [-0.1, -0.05) is 53.0 Å². The van der Waals surface area contributed by atoms with Gasteiger partial charge in [-0.05, 0) is 36.5 Å². The van der Waals surface area contributed by atoms with E-state index in [1.165, 1.54) is 18.2 Å². The van der Waals surface area contributed by atoms with E-state index < -0.39 is 10.0 Å². The number of sulfonamides is 1. The van der Waals surface area contributed by atoms with Crippen molar-refractivity contribution in [3.8, 4) is 0 Å². The summed E-state index contributed by atoms with van der Waals surface area (Å²) in [5.74, 6) is 0. The van der Waals surface area contributed by atoms with Crippen molar-refractivity contribution >= 4 is 49.2 Å². The van der Waals surface area contributed by atoms with Gasteiger partial charge in [0.25, 0.3) is 0 Å². The van der Waals surface area contributed by atoms with Crippen molar-refractivity contribution in [2.24, 2.45) is 5.41 Å². The number of rotatable bonds is 7. The lowest BCUT2D eigenvalue weighted by Crippen LogP contribution is -2.38. The maximum atomic E-state index is 12.3. The SMILES string of the molecule is CCC(CC)(CBr)CNS(=O)(=O)c1ccc(Cl)c(Cl)c1. The van der Waals surface area contributed by atoms with Gasteiger partial charge in [-0.3, -0.25) is 0 Å². The van der Waals surface area contributed by atoms with E-state index in [-0.39, 0.29) is 15.3 Å². The molecule has 1 N–H and O–H groups in total. The highest BCUT2D eigenvalue weighted by atomic mass is 79.9. The molecule has 0 aliphatic rings. The van der Waals surface area contributed by atoms with Crippen LogP contribution in [0.1, 0.15) is 26.7 Å². The molecular formula is C13H18BrCl2NO2S. The highest BCUT2D eigenvalue weighted by Crippen LogP contribution is 2.29. The molecule has 1 aromatic rings. The number of alkyl halides is 1. The Morgan fingerprint density at radius 3 is 2.25 bits per heavy atom. The highest BCUT2D eigenvalue weighted by molar-refractivity contribution is 9.09. The van der Waals surface area contributed by atoms with Gasteiger partial charge in [-0.15, -0.1) is 0 Å². The van der Waals surface area contributed by atoms with Crippen molar-refractivity contribution in [3.63, 3.8) is 0 Å². The summed E-state index contributed by atoms with van der Waals surface area (Å²) in [7, 11) is -3.58. The van der Waals surface area contributed by atoms with Crippen LogP contribution in [0.3, 0.4) is 0 Å². The molecule has 3 nitrogen and oxygen atoms in total. The number of hydrogen-bond acceptors (Lipinski definition) is 2. The highest BCUT2D eigenvalue weighted by Gasteiger charge is 2.27. The van der Waals surface area contributed by atoms with Crippen LogP contribution in [0.25, 0.3) is 0 Å². The Bertz CT molecular complexity index is 551. The van der Waals surface area contributed by atoms with Crippen LogP contribution in [0.4, 0.5) is 0 Å². The average Bonchev–Trinajstić information content (AvgIpc) is 2.44. The van der Waals surface area contributed by atoms with Crippen LogP contribution in [0, 0.1) is 5.41 Å². The van der Waals surface area contributed by atoms with Crippen LogP contribution >= 0.6 is 39.1 Å². The summed E-state index contributed by atoms with van der Waals surface area (Å²) in [5.41, 5.74) is -0.0801. The Morgan fingerprint density at radius 2 is 1.80 bits per heavy atom. The predicted octanol–water partition coefficient (Wildman–Crippen LogP) is 4.47. The number of benzene rings is 1. The molecule has 0 saturated heterocycles. The van der Waals surface area contributed by atoms with Gasteiger partial charge in [0.15, 0.2) is 0 Å². The molecule has 20 heavy (non-hydrogen) atoms. The summed E-state index contributed by atoms with van der Waals surface area (Å²) in [6.07, 6.45) is 1.78. The fraction of sp³-hybridized carbons (Fsp3) is 0.538. The molecule has 0 atom stereocenters. The minimum atomic E-state index is -3.58. The zero-order valence-electron chi connectivity index (χ0n) is 11.4. The first kappa shape index (κ1) is 18.2. The summed E-state index contributed by atoms with van der Waals surface area (Å²) in [6, 6.07) is 4.29. The number of halogens is 3. The molecule has 0 aliphatic heterocycles. The van der Waals surface area contributed by atoms with Gasteiger partial charge in [-0.2, -0.15) is 0 Å². The molecule has 7 heteroatoms. The first-order chi connectivity index (χ1) is 9.30. The summed E-state index contributed by atoms with van der Waals surface area (Å²) in [4.78, 5) is 0.127. The molecule has 0 aromatic heterocycles. The van der Waals surface area contributed by atoms with Crippen LogP contribution in [0.15, 0.2) is 23.1 Å². The summed E-state index contributed by atoms with van der Waals surface area (Å²) in [5, 5.41) is 1.31. The van der Waals surface area contributed by atoms with Crippen molar-refractivity contribution in [3.05, 3.63) is 28.2 Å². The summed E-state index contributed by atoms with van der Waals surface area (Å²) < 4.78 is 27.2. The molecule has 1 rings (SSSR count). The minimum Gasteiger partial charge on any atom is -0.211 e. The van der Waals surface area contributed by atoms with Gasteiger partial charge in [0.05, 0.1) is 14.9 Å². The third-order valence-electron chi connectivity index (χ3n) is 3.62. The van der Waals surface area contributed by atoms with Gasteiger partial charge in [0, 0.05) is 11.9 Å². The molecule has 0 saturated carbocycles. The van der Waals surface area contributed by atoms with Crippen LogP contribution in [0.2, 0.25) is 10.0 Å². The molecule has 0 spiro atoms. The van der Waals surface area contributed by atoms with Crippen molar-refractivity contribution in [1.29, 1.82) is 0 Å². The summed E-state index contributed by atoms with van der Waals surface area (Å²) in [6.45, 7) is 4.49. The van der Waals surface area contributed by atoms with Crippen molar-refractivity contribution < 1.29 is 8.42 Å². The number of hydrogen-bond donors (Lipinski definition) is 1. The first-order valence-corrected chi connectivity index (χ1v) is 9.67. The van der Waals surface area contributed by atoms with Crippen LogP contribution in [0.5, 0.6) is 0 Å². The van der Waals surface area contributed by atoms with E-state index in [0.717, 1.165) is 18.2 Å². The zero-order valence-corrected chi connectivity index (χ0v) is 15.3. The van der Waals surface area contributed by atoms with Crippen molar-refractivity contribution in [2.75, 3.05) is 11.9 Å². The normalized spacial score (nSPS) is 12.7. The first-order valence-electron chi connectivity index (χ1n) is 6.31. The molecule has 0 heterocycles. The molecule has 114 valence electrons. The van der Waals surface area contributed by atoms with E-state index in [9.17, 15) is 8.42 Å². The van der Waals surface area contributed by atoms with Gasteiger partial charge in [-0.25, -0.2) is 13.1 Å². The molecule has 1 aromatic carbocycles. The topological polar surface area (TPSA) is 46.2 Å². The van der Waals surface area contributed by atoms with Crippen molar-refractivity contribution in [1.82, 2.24) is 4.72 Å². The van der Waals surface area contributed by atoms with E-state index in [1.54, 1.807) is 0 Å². The minimum absolute atomic E-state index is 0.0801. The lowest BCUT2D eigenvalue weighted by Gasteiger charge is -2.29. The maximum absolute atomic E-state index is 12.3. The Kier molecular flexibility index (Phi) is 6.80. The predicted molar refractivity (Wildman–Crippen MR) is 88.5 cm³/mol. The Hall–Kier alpha value is 0.190. The second-order valence-corrected chi connectivity index (χ2v) is 7.88. The third kappa shape index (κ3) is 4.34. The summed E-state index contributed by atoms with van der Waals surface area (Å²) >= 11 is 15.1. The second-order valence-electron chi connectivity index (χ2n) is 4.74. The molecule has 0 amide bonds. The van der Waals surface area contributed by atoms with E-state index in [4.69, 9.17) is 23.2 Å². The van der Waals surface area contributed by atoms with E-state index in [1.807, 2.05) is 0 Å². The van der Waals surface area contributed by atoms with Gasteiger partial charge < -0.3 is 0 Å². The zero-order chi connectivity index (χ0) is 15.4. The average molecular weight is 403 g/mol. The smallest absolute Gasteiger partial charge is 0.211 e. The molecule has 0 bridgehead atoms. The van der Waals surface area contributed by atoms with E-state index >= 15 is 0 Å². The standard InChI is InChI=1S/C13H18BrCl2NO2S/c1-3-13(4-2,8-14)9-17-20(18,19)10-5-6-11(15)12(16)7-10/h5-7,17H,3-4,8-9H2,1-2H3. The molecule has 0 fully saturated rings. The van der Waals surface area contributed by atoms with Gasteiger partial charge in [0.2, 0.25) is 10.0 Å². The monoisotopic (exact) mass is 401 g/mol. The lowest BCUT2D eigenvalue weighted by atomic mass is 9.85. The largest absolute Gasteiger partial charge is 0.240 e.